The molecule has 1 nitrogen and oxygen atoms in total. The molecule has 0 aliphatic rings. The van der Waals surface area contributed by atoms with Crippen molar-refractivity contribution in [2.45, 2.75) is 78.6 Å². The first-order chi connectivity index (χ1) is 9.35. The first-order valence-electron chi connectivity index (χ1n) is 8.42. The molecular weight excluding hydrogens is 230 g/mol. The summed E-state index contributed by atoms with van der Waals surface area (Å²) in [4.78, 5) is 2.51. The second-order valence-corrected chi connectivity index (χ2v) is 5.34. The molecular formula is C18H35N. The van der Waals surface area contributed by atoms with Crippen LogP contribution in [-0.2, 0) is 0 Å². The predicted molar refractivity (Wildman–Crippen MR) is 88.4 cm³/mol. The summed E-state index contributed by atoms with van der Waals surface area (Å²) in [5.74, 6) is 0. The van der Waals surface area contributed by atoms with E-state index < -0.39 is 0 Å². The maximum absolute atomic E-state index is 2.51. The zero-order valence-corrected chi connectivity index (χ0v) is 13.5. The average Bonchev–Trinajstić information content (AvgIpc) is 2.43. The summed E-state index contributed by atoms with van der Waals surface area (Å²) >= 11 is 0. The third kappa shape index (κ3) is 13.5. The normalized spacial score (nSPS) is 11.7. The van der Waals surface area contributed by atoms with E-state index in [2.05, 4.69) is 50.1 Å². The van der Waals surface area contributed by atoms with E-state index in [0.717, 1.165) is 6.42 Å². The SMILES string of the molecule is CC/C=C\C=C\N(CCCCCC)CCCCCC. The van der Waals surface area contributed by atoms with Crippen LogP contribution in [0.25, 0.3) is 0 Å². The Kier molecular flexibility index (Phi) is 14.8. The summed E-state index contributed by atoms with van der Waals surface area (Å²) in [6, 6.07) is 0. The maximum Gasteiger partial charge on any atom is 0.0172 e. The smallest absolute Gasteiger partial charge is 0.0172 e. The number of hydrogen-bond donors (Lipinski definition) is 0. The van der Waals surface area contributed by atoms with Crippen LogP contribution in [0.3, 0.4) is 0 Å². The third-order valence-electron chi connectivity index (χ3n) is 3.38. The van der Waals surface area contributed by atoms with E-state index in [1.165, 1.54) is 64.5 Å². The molecule has 0 atom stereocenters. The van der Waals surface area contributed by atoms with E-state index in [4.69, 9.17) is 0 Å². The number of allylic oxidation sites excluding steroid dienone is 3. The minimum Gasteiger partial charge on any atom is -0.377 e. The molecule has 0 aromatic heterocycles. The lowest BCUT2D eigenvalue weighted by atomic mass is 10.2. The minimum atomic E-state index is 1.12. The van der Waals surface area contributed by atoms with Crippen molar-refractivity contribution in [3.8, 4) is 0 Å². The molecule has 0 saturated heterocycles. The molecule has 0 aromatic rings. The summed E-state index contributed by atoms with van der Waals surface area (Å²) < 4.78 is 0. The van der Waals surface area contributed by atoms with Crippen molar-refractivity contribution in [3.05, 3.63) is 24.4 Å². The van der Waals surface area contributed by atoms with Gasteiger partial charge in [-0.15, -0.1) is 0 Å². The van der Waals surface area contributed by atoms with Crippen LogP contribution in [0.2, 0.25) is 0 Å². The lowest BCUT2D eigenvalue weighted by Crippen LogP contribution is -2.19. The van der Waals surface area contributed by atoms with Gasteiger partial charge in [0.05, 0.1) is 0 Å². The summed E-state index contributed by atoms with van der Waals surface area (Å²) in [6.45, 7) is 9.18. The summed E-state index contributed by atoms with van der Waals surface area (Å²) in [7, 11) is 0. The summed E-state index contributed by atoms with van der Waals surface area (Å²) in [6.07, 6.45) is 20.8. The van der Waals surface area contributed by atoms with E-state index in [-0.39, 0.29) is 0 Å². The minimum absolute atomic E-state index is 1.12. The number of rotatable bonds is 13. The Balaban J connectivity index is 3.91. The average molecular weight is 265 g/mol. The van der Waals surface area contributed by atoms with Crippen LogP contribution >= 0.6 is 0 Å². The van der Waals surface area contributed by atoms with Gasteiger partial charge in [0.2, 0.25) is 0 Å². The fraction of sp³-hybridized carbons (Fsp3) is 0.778. The van der Waals surface area contributed by atoms with Gasteiger partial charge in [-0.3, -0.25) is 0 Å². The Labute approximate surface area is 121 Å². The van der Waals surface area contributed by atoms with Crippen molar-refractivity contribution in [1.29, 1.82) is 0 Å². The van der Waals surface area contributed by atoms with Gasteiger partial charge in [-0.05, 0) is 31.5 Å². The molecule has 0 unspecified atom stereocenters. The van der Waals surface area contributed by atoms with Crippen molar-refractivity contribution in [2.75, 3.05) is 13.1 Å². The van der Waals surface area contributed by atoms with Crippen molar-refractivity contribution in [1.82, 2.24) is 4.90 Å². The Hall–Kier alpha value is -0.720. The standard InChI is InChI=1S/C18H35N/c1-4-7-10-13-16-19(17-14-11-8-5-2)18-15-12-9-6-3/h7,10,13,16H,4-6,8-9,11-12,14-15,17-18H2,1-3H3/b10-7-,16-13+. The molecule has 0 aliphatic heterocycles. The highest BCUT2D eigenvalue weighted by molar-refractivity contribution is 5.01. The van der Waals surface area contributed by atoms with Crippen molar-refractivity contribution in [2.24, 2.45) is 0 Å². The number of nitrogens with zero attached hydrogens (tertiary/aromatic N) is 1. The predicted octanol–water partition coefficient (Wildman–Crippen LogP) is 5.93. The van der Waals surface area contributed by atoms with Gasteiger partial charge in [0.25, 0.3) is 0 Å². The highest BCUT2D eigenvalue weighted by atomic mass is 15.1. The van der Waals surface area contributed by atoms with Gasteiger partial charge in [-0.25, -0.2) is 0 Å². The number of hydrogen-bond acceptors (Lipinski definition) is 1. The molecule has 0 heterocycles. The molecule has 0 spiro atoms. The molecule has 0 bridgehead atoms. The van der Waals surface area contributed by atoms with E-state index >= 15 is 0 Å². The first kappa shape index (κ1) is 18.3. The zero-order chi connectivity index (χ0) is 14.2. The molecule has 0 amide bonds. The van der Waals surface area contributed by atoms with Gasteiger partial charge in [-0.2, -0.15) is 0 Å². The van der Waals surface area contributed by atoms with E-state index in [1.54, 1.807) is 0 Å². The van der Waals surface area contributed by atoms with Gasteiger partial charge in [0, 0.05) is 13.1 Å². The molecule has 112 valence electrons. The molecule has 0 radical (unpaired) electrons. The quantitative estimate of drug-likeness (QED) is 0.295. The topological polar surface area (TPSA) is 3.24 Å². The van der Waals surface area contributed by atoms with Crippen LogP contribution < -0.4 is 0 Å². The largest absolute Gasteiger partial charge is 0.377 e. The highest BCUT2D eigenvalue weighted by Crippen LogP contribution is 2.06. The Morgan fingerprint density at radius 3 is 1.74 bits per heavy atom. The van der Waals surface area contributed by atoms with Crippen molar-refractivity contribution < 1.29 is 0 Å². The molecule has 19 heavy (non-hydrogen) atoms. The Morgan fingerprint density at radius 2 is 1.26 bits per heavy atom. The van der Waals surface area contributed by atoms with Crippen LogP contribution in [0, 0.1) is 0 Å². The summed E-state index contributed by atoms with van der Waals surface area (Å²) in [5, 5.41) is 0. The molecule has 0 rings (SSSR count). The van der Waals surface area contributed by atoms with E-state index in [1.807, 2.05) is 0 Å². The lowest BCUT2D eigenvalue weighted by Gasteiger charge is -2.20. The van der Waals surface area contributed by atoms with Crippen LogP contribution in [0.4, 0.5) is 0 Å². The maximum atomic E-state index is 2.51. The summed E-state index contributed by atoms with van der Waals surface area (Å²) in [5.41, 5.74) is 0. The Bertz CT molecular complexity index is 206. The van der Waals surface area contributed by atoms with E-state index in [0.29, 0.717) is 0 Å². The van der Waals surface area contributed by atoms with Crippen LogP contribution in [0.15, 0.2) is 24.4 Å². The fourth-order valence-corrected chi connectivity index (χ4v) is 2.13. The van der Waals surface area contributed by atoms with Gasteiger partial charge in [0.15, 0.2) is 0 Å². The Morgan fingerprint density at radius 1 is 0.684 bits per heavy atom. The zero-order valence-electron chi connectivity index (χ0n) is 13.5. The third-order valence-corrected chi connectivity index (χ3v) is 3.38. The van der Waals surface area contributed by atoms with Crippen LogP contribution in [0.1, 0.15) is 78.6 Å². The van der Waals surface area contributed by atoms with Gasteiger partial charge in [-0.1, -0.05) is 71.4 Å². The van der Waals surface area contributed by atoms with E-state index in [9.17, 15) is 0 Å². The van der Waals surface area contributed by atoms with Crippen LogP contribution in [-0.4, -0.2) is 18.0 Å². The van der Waals surface area contributed by atoms with Crippen LogP contribution in [0.5, 0.6) is 0 Å². The second kappa shape index (κ2) is 15.3. The second-order valence-electron chi connectivity index (χ2n) is 5.34. The fourth-order valence-electron chi connectivity index (χ4n) is 2.13. The molecule has 0 fully saturated rings. The van der Waals surface area contributed by atoms with Gasteiger partial charge < -0.3 is 4.90 Å². The molecule has 0 aromatic carbocycles. The number of unbranched alkanes of at least 4 members (excludes halogenated alkanes) is 6. The molecule has 0 N–H and O–H groups in total. The molecule has 0 aliphatic carbocycles. The highest BCUT2D eigenvalue weighted by Gasteiger charge is 1.98. The lowest BCUT2D eigenvalue weighted by molar-refractivity contribution is 0.351. The van der Waals surface area contributed by atoms with Crippen molar-refractivity contribution >= 4 is 0 Å². The molecule has 0 saturated carbocycles. The monoisotopic (exact) mass is 265 g/mol. The van der Waals surface area contributed by atoms with Gasteiger partial charge >= 0.3 is 0 Å². The van der Waals surface area contributed by atoms with Gasteiger partial charge in [0.1, 0.15) is 0 Å². The first-order valence-corrected chi connectivity index (χ1v) is 8.42. The van der Waals surface area contributed by atoms with Crippen molar-refractivity contribution in [3.63, 3.8) is 0 Å². The molecule has 1 heteroatoms.